The third-order valence-electron chi connectivity index (χ3n) is 1.96. The predicted molar refractivity (Wildman–Crippen MR) is 51.0 cm³/mol. The van der Waals surface area contributed by atoms with Gasteiger partial charge in [-0.05, 0) is 13.3 Å². The highest BCUT2D eigenvalue weighted by Crippen LogP contribution is 2.46. The Hall–Kier alpha value is 0.310. The van der Waals surface area contributed by atoms with Crippen LogP contribution in [0.5, 0.6) is 0 Å². The molecule has 1 heterocycles. The topological polar surface area (TPSA) is 21.7 Å². The summed E-state index contributed by atoms with van der Waals surface area (Å²) in [6.07, 6.45) is 1.39. The summed E-state index contributed by atoms with van der Waals surface area (Å²) in [7, 11) is -0.741. The van der Waals surface area contributed by atoms with Crippen LogP contribution in [0.3, 0.4) is 0 Å². The fourth-order valence-corrected chi connectivity index (χ4v) is 2.63. The summed E-state index contributed by atoms with van der Waals surface area (Å²) in [6.45, 7) is 9.25. The first-order valence-corrected chi connectivity index (χ1v) is 5.75. The lowest BCUT2D eigenvalue weighted by atomic mass is 10.3. The second-order valence-corrected chi connectivity index (χ2v) is 4.43. The van der Waals surface area contributed by atoms with Gasteiger partial charge in [0.15, 0.2) is 0 Å². The summed E-state index contributed by atoms with van der Waals surface area (Å²) in [6, 6.07) is 0. The molecule has 0 aromatic carbocycles. The zero-order valence-corrected chi connectivity index (χ0v) is 9.01. The average molecular weight is 191 g/mol. The van der Waals surface area contributed by atoms with Gasteiger partial charge in [0.1, 0.15) is 0 Å². The molecule has 0 aromatic rings. The molecule has 3 nitrogen and oxygen atoms in total. The summed E-state index contributed by atoms with van der Waals surface area (Å²) < 4.78 is 13.5. The summed E-state index contributed by atoms with van der Waals surface area (Å²) in [5.41, 5.74) is 0. The summed E-state index contributed by atoms with van der Waals surface area (Å²) in [4.78, 5) is 0. The molecule has 1 aliphatic heterocycles. The van der Waals surface area contributed by atoms with Crippen LogP contribution in [0.4, 0.5) is 0 Å². The van der Waals surface area contributed by atoms with Crippen LogP contribution in [0.1, 0.15) is 27.2 Å². The fraction of sp³-hybridized carbons (Fsp3) is 1.00. The maximum absolute atomic E-state index is 5.70. The molecule has 72 valence electrons. The third kappa shape index (κ3) is 2.67. The molecule has 4 heteroatoms. The van der Waals surface area contributed by atoms with Gasteiger partial charge in [-0.2, -0.15) is 0 Å². The maximum Gasteiger partial charge on any atom is 0.258 e. The van der Waals surface area contributed by atoms with Crippen LogP contribution in [0.25, 0.3) is 0 Å². The number of hydrogen-bond acceptors (Lipinski definition) is 3. The molecule has 0 bridgehead atoms. The first-order valence-electron chi connectivity index (χ1n) is 4.62. The van der Waals surface area contributed by atoms with E-state index in [-0.39, 0.29) is 0 Å². The molecule has 0 N–H and O–H groups in total. The fourth-order valence-electron chi connectivity index (χ4n) is 1.14. The Morgan fingerprint density at radius 1 is 1.42 bits per heavy atom. The van der Waals surface area contributed by atoms with Crippen molar-refractivity contribution in [3.05, 3.63) is 0 Å². The van der Waals surface area contributed by atoms with E-state index < -0.39 is 8.53 Å². The molecule has 0 amide bonds. The van der Waals surface area contributed by atoms with E-state index in [4.69, 9.17) is 9.05 Å². The van der Waals surface area contributed by atoms with Crippen molar-refractivity contribution in [1.29, 1.82) is 0 Å². The number of nitrogens with zero attached hydrogens (tertiary/aromatic N) is 1. The van der Waals surface area contributed by atoms with Gasteiger partial charge in [-0.1, -0.05) is 13.8 Å². The average Bonchev–Trinajstić information content (AvgIpc) is 2.07. The Labute approximate surface area is 76.0 Å². The van der Waals surface area contributed by atoms with Crippen LogP contribution < -0.4 is 0 Å². The van der Waals surface area contributed by atoms with Crippen LogP contribution >= 0.6 is 8.53 Å². The summed E-state index contributed by atoms with van der Waals surface area (Å²) in [5.74, 6) is 0. The first-order chi connectivity index (χ1) is 5.77. The lowest BCUT2D eigenvalue weighted by Gasteiger charge is -2.33. The van der Waals surface area contributed by atoms with Crippen LogP contribution in [0.15, 0.2) is 0 Å². The van der Waals surface area contributed by atoms with Gasteiger partial charge in [-0.3, -0.25) is 0 Å². The van der Waals surface area contributed by atoms with Gasteiger partial charge in [0.05, 0.1) is 12.7 Å². The zero-order valence-electron chi connectivity index (χ0n) is 8.12. The molecule has 0 aromatic heterocycles. The van der Waals surface area contributed by atoms with E-state index >= 15 is 0 Å². The van der Waals surface area contributed by atoms with Gasteiger partial charge in [0, 0.05) is 13.1 Å². The Morgan fingerprint density at radius 2 is 2.08 bits per heavy atom. The molecule has 0 spiro atoms. The minimum absolute atomic E-state index is 0.366. The zero-order chi connectivity index (χ0) is 8.97. The van der Waals surface area contributed by atoms with Crippen molar-refractivity contribution >= 4 is 8.53 Å². The van der Waals surface area contributed by atoms with E-state index in [0.717, 1.165) is 26.1 Å². The van der Waals surface area contributed by atoms with Gasteiger partial charge in [0.2, 0.25) is 0 Å². The van der Waals surface area contributed by atoms with Crippen molar-refractivity contribution in [3.63, 3.8) is 0 Å². The van der Waals surface area contributed by atoms with E-state index in [9.17, 15) is 0 Å². The molecule has 1 aliphatic rings. The Morgan fingerprint density at radius 3 is 2.58 bits per heavy atom. The lowest BCUT2D eigenvalue weighted by molar-refractivity contribution is 0.0971. The Bertz CT molecular complexity index is 130. The Kier molecular flexibility index (Phi) is 4.44. The third-order valence-corrected chi connectivity index (χ3v) is 3.93. The molecule has 0 saturated carbocycles. The van der Waals surface area contributed by atoms with Crippen molar-refractivity contribution in [3.8, 4) is 0 Å². The van der Waals surface area contributed by atoms with Gasteiger partial charge in [-0.25, -0.2) is 4.67 Å². The van der Waals surface area contributed by atoms with Crippen LogP contribution in [0, 0.1) is 0 Å². The monoisotopic (exact) mass is 191 g/mol. The minimum Gasteiger partial charge on any atom is -0.322 e. The SMILES string of the molecule is CCN(CC)P1OCC[C@@H](C)O1. The molecule has 2 atom stereocenters. The lowest BCUT2D eigenvalue weighted by Crippen LogP contribution is -2.25. The summed E-state index contributed by atoms with van der Waals surface area (Å²) in [5, 5.41) is 0. The molecular formula is C8H18NO2P. The molecule has 1 saturated heterocycles. The highest BCUT2D eigenvalue weighted by atomic mass is 31.2. The molecule has 1 rings (SSSR count). The van der Waals surface area contributed by atoms with Crippen LogP contribution in [-0.4, -0.2) is 30.5 Å². The molecule has 0 aliphatic carbocycles. The largest absolute Gasteiger partial charge is 0.322 e. The van der Waals surface area contributed by atoms with Crippen LogP contribution in [-0.2, 0) is 9.05 Å². The van der Waals surface area contributed by atoms with E-state index in [1.807, 2.05) is 0 Å². The van der Waals surface area contributed by atoms with Crippen molar-refractivity contribution < 1.29 is 9.05 Å². The van der Waals surface area contributed by atoms with E-state index in [1.165, 1.54) is 0 Å². The first kappa shape index (κ1) is 10.4. The second kappa shape index (κ2) is 5.13. The standard InChI is InChI=1S/C8H18NO2P/c1-4-9(5-2)12-10-7-6-8(3)11-12/h8H,4-7H2,1-3H3/t8-,12?/m1/s1. The van der Waals surface area contributed by atoms with E-state index in [1.54, 1.807) is 0 Å². The predicted octanol–water partition coefficient (Wildman–Crippen LogP) is 2.38. The van der Waals surface area contributed by atoms with E-state index in [0.29, 0.717) is 6.10 Å². The van der Waals surface area contributed by atoms with Gasteiger partial charge >= 0.3 is 0 Å². The molecule has 1 unspecified atom stereocenters. The molecule has 1 fully saturated rings. The van der Waals surface area contributed by atoms with Crippen molar-refractivity contribution in [2.75, 3.05) is 19.7 Å². The smallest absolute Gasteiger partial charge is 0.258 e. The molecule has 12 heavy (non-hydrogen) atoms. The van der Waals surface area contributed by atoms with E-state index in [2.05, 4.69) is 25.4 Å². The highest BCUT2D eigenvalue weighted by Gasteiger charge is 2.25. The molecular weight excluding hydrogens is 173 g/mol. The Balaban J connectivity index is 2.38. The number of hydrogen-bond donors (Lipinski definition) is 0. The highest BCUT2D eigenvalue weighted by molar-refractivity contribution is 7.44. The normalized spacial score (nSPS) is 31.0. The van der Waals surface area contributed by atoms with Crippen molar-refractivity contribution in [1.82, 2.24) is 4.67 Å². The van der Waals surface area contributed by atoms with Crippen molar-refractivity contribution in [2.24, 2.45) is 0 Å². The van der Waals surface area contributed by atoms with Gasteiger partial charge in [-0.15, -0.1) is 0 Å². The van der Waals surface area contributed by atoms with Crippen molar-refractivity contribution in [2.45, 2.75) is 33.3 Å². The van der Waals surface area contributed by atoms with Gasteiger partial charge < -0.3 is 9.05 Å². The number of rotatable bonds is 3. The summed E-state index contributed by atoms with van der Waals surface area (Å²) >= 11 is 0. The quantitative estimate of drug-likeness (QED) is 0.639. The van der Waals surface area contributed by atoms with Crippen LogP contribution in [0.2, 0.25) is 0 Å². The maximum atomic E-state index is 5.70. The molecule has 0 radical (unpaired) electrons. The second-order valence-electron chi connectivity index (χ2n) is 2.91. The minimum atomic E-state index is -0.741. The van der Waals surface area contributed by atoms with Gasteiger partial charge in [0.25, 0.3) is 8.53 Å².